The van der Waals surface area contributed by atoms with Crippen molar-refractivity contribution in [3.05, 3.63) is 23.0 Å². The SMILES string of the molecule is CCOC(=O)C(CC)Sc1cc(NC(C)=O)c(F)cc1Cl. The van der Waals surface area contributed by atoms with E-state index >= 15 is 0 Å². The Morgan fingerprint density at radius 3 is 2.62 bits per heavy atom. The fourth-order valence-corrected chi connectivity index (χ4v) is 2.87. The standard InChI is InChI=1S/C14H17ClFNO3S/c1-4-12(14(19)20-5-2)21-13-7-11(17-8(3)18)10(16)6-9(13)15/h6-7,12H,4-5H2,1-3H3,(H,17,18). The van der Waals surface area contributed by atoms with Crippen LogP contribution in [0.15, 0.2) is 17.0 Å². The predicted octanol–water partition coefficient (Wildman–Crippen LogP) is 3.87. The Morgan fingerprint density at radius 1 is 1.43 bits per heavy atom. The lowest BCUT2D eigenvalue weighted by Gasteiger charge is -2.15. The molecule has 4 nitrogen and oxygen atoms in total. The normalized spacial score (nSPS) is 11.9. The van der Waals surface area contributed by atoms with Crippen LogP contribution in [-0.2, 0) is 14.3 Å². The number of hydrogen-bond acceptors (Lipinski definition) is 4. The first kappa shape index (κ1) is 17.8. The highest BCUT2D eigenvalue weighted by Gasteiger charge is 2.21. The number of carbonyl (C=O) groups excluding carboxylic acids is 2. The molecule has 1 aromatic carbocycles. The topological polar surface area (TPSA) is 55.4 Å². The molecule has 1 aromatic rings. The zero-order valence-corrected chi connectivity index (χ0v) is 13.6. The van der Waals surface area contributed by atoms with Crippen molar-refractivity contribution in [2.24, 2.45) is 0 Å². The van der Waals surface area contributed by atoms with Crippen molar-refractivity contribution in [3.63, 3.8) is 0 Å². The molecule has 0 saturated heterocycles. The number of carbonyl (C=O) groups is 2. The van der Waals surface area contributed by atoms with Gasteiger partial charge in [0.1, 0.15) is 11.1 Å². The number of rotatable bonds is 6. The number of anilines is 1. The Labute approximate surface area is 132 Å². The molecule has 1 atom stereocenters. The number of esters is 1. The van der Waals surface area contributed by atoms with Gasteiger partial charge in [0.05, 0.1) is 17.3 Å². The quantitative estimate of drug-likeness (QED) is 0.634. The van der Waals surface area contributed by atoms with Crippen molar-refractivity contribution in [2.45, 2.75) is 37.3 Å². The lowest BCUT2D eigenvalue weighted by atomic mass is 10.3. The second-order valence-electron chi connectivity index (χ2n) is 4.21. The first-order valence-electron chi connectivity index (χ1n) is 6.48. The molecule has 0 aliphatic rings. The van der Waals surface area contributed by atoms with Crippen LogP contribution < -0.4 is 5.32 Å². The minimum atomic E-state index is -0.622. The first-order chi connectivity index (χ1) is 9.88. The molecule has 0 saturated carbocycles. The minimum Gasteiger partial charge on any atom is -0.465 e. The van der Waals surface area contributed by atoms with Crippen LogP contribution in [0.3, 0.4) is 0 Å². The summed E-state index contributed by atoms with van der Waals surface area (Å²) in [5.41, 5.74) is 0.0353. The fraction of sp³-hybridized carbons (Fsp3) is 0.429. The number of thioether (sulfide) groups is 1. The Balaban J connectivity index is 3.00. The van der Waals surface area contributed by atoms with Gasteiger partial charge in [0.2, 0.25) is 5.91 Å². The van der Waals surface area contributed by atoms with Crippen LogP contribution in [0, 0.1) is 5.82 Å². The largest absolute Gasteiger partial charge is 0.465 e. The van der Waals surface area contributed by atoms with Crippen molar-refractivity contribution in [1.29, 1.82) is 0 Å². The summed E-state index contributed by atoms with van der Waals surface area (Å²) in [5.74, 6) is -1.35. The molecule has 0 aliphatic heterocycles. The third-order valence-corrected chi connectivity index (χ3v) is 4.35. The van der Waals surface area contributed by atoms with Gasteiger partial charge >= 0.3 is 5.97 Å². The predicted molar refractivity (Wildman–Crippen MR) is 82.3 cm³/mol. The summed E-state index contributed by atoms with van der Waals surface area (Å²) >= 11 is 7.18. The van der Waals surface area contributed by atoms with E-state index in [9.17, 15) is 14.0 Å². The number of benzene rings is 1. The Bertz CT molecular complexity index is 539. The molecule has 116 valence electrons. The van der Waals surface area contributed by atoms with Crippen LogP contribution in [0.4, 0.5) is 10.1 Å². The first-order valence-corrected chi connectivity index (χ1v) is 7.74. The number of halogens is 2. The highest BCUT2D eigenvalue weighted by atomic mass is 35.5. The van der Waals surface area contributed by atoms with E-state index in [-0.39, 0.29) is 22.6 Å². The summed E-state index contributed by atoms with van der Waals surface area (Å²) in [6, 6.07) is 2.54. The molecule has 1 N–H and O–H groups in total. The zero-order valence-electron chi connectivity index (χ0n) is 12.0. The average molecular weight is 334 g/mol. The minimum absolute atomic E-state index is 0.0353. The van der Waals surface area contributed by atoms with Crippen molar-refractivity contribution in [3.8, 4) is 0 Å². The van der Waals surface area contributed by atoms with Gasteiger partial charge in [-0.05, 0) is 25.5 Å². The van der Waals surface area contributed by atoms with E-state index in [0.29, 0.717) is 17.9 Å². The second kappa shape index (κ2) is 8.24. The van der Waals surface area contributed by atoms with Crippen LogP contribution in [0.2, 0.25) is 5.02 Å². The van der Waals surface area contributed by atoms with Crippen LogP contribution >= 0.6 is 23.4 Å². The monoisotopic (exact) mass is 333 g/mol. The zero-order chi connectivity index (χ0) is 16.0. The van der Waals surface area contributed by atoms with Gasteiger partial charge in [-0.3, -0.25) is 9.59 Å². The summed E-state index contributed by atoms with van der Waals surface area (Å²) < 4.78 is 18.7. The van der Waals surface area contributed by atoms with Gasteiger partial charge in [-0.25, -0.2) is 4.39 Å². The highest BCUT2D eigenvalue weighted by Crippen LogP contribution is 2.35. The van der Waals surface area contributed by atoms with Gasteiger partial charge in [0.25, 0.3) is 0 Å². The summed E-state index contributed by atoms with van der Waals surface area (Å²) in [6.07, 6.45) is 0.548. The van der Waals surface area contributed by atoms with Crippen LogP contribution in [0.1, 0.15) is 27.2 Å². The third kappa shape index (κ3) is 5.21. The summed E-state index contributed by atoms with van der Waals surface area (Å²) in [5, 5.41) is 2.14. The highest BCUT2D eigenvalue weighted by molar-refractivity contribution is 8.00. The molecule has 0 spiro atoms. The lowest BCUT2D eigenvalue weighted by molar-refractivity contribution is -0.142. The van der Waals surface area contributed by atoms with Crippen LogP contribution in [0.5, 0.6) is 0 Å². The van der Waals surface area contributed by atoms with E-state index in [1.165, 1.54) is 24.8 Å². The molecule has 1 unspecified atom stereocenters. The van der Waals surface area contributed by atoms with E-state index in [4.69, 9.17) is 16.3 Å². The molecule has 21 heavy (non-hydrogen) atoms. The van der Waals surface area contributed by atoms with E-state index in [2.05, 4.69) is 5.32 Å². The number of nitrogens with one attached hydrogen (secondary N) is 1. The molecular weight excluding hydrogens is 317 g/mol. The lowest BCUT2D eigenvalue weighted by Crippen LogP contribution is -2.19. The van der Waals surface area contributed by atoms with E-state index in [0.717, 1.165) is 6.07 Å². The molecular formula is C14H17ClFNO3S. The average Bonchev–Trinajstić information content (AvgIpc) is 2.40. The Morgan fingerprint density at radius 2 is 2.10 bits per heavy atom. The smallest absolute Gasteiger partial charge is 0.319 e. The molecule has 0 fully saturated rings. The Kier molecular flexibility index (Phi) is 6.98. The Hall–Kier alpha value is -1.27. The van der Waals surface area contributed by atoms with Crippen molar-refractivity contribution < 1.29 is 18.7 Å². The van der Waals surface area contributed by atoms with Gasteiger partial charge in [0, 0.05) is 11.8 Å². The van der Waals surface area contributed by atoms with Crippen molar-refractivity contribution in [1.82, 2.24) is 0 Å². The molecule has 0 aromatic heterocycles. The maximum atomic E-state index is 13.7. The van der Waals surface area contributed by atoms with E-state index < -0.39 is 11.1 Å². The summed E-state index contributed by atoms with van der Waals surface area (Å²) in [6.45, 7) is 5.16. The van der Waals surface area contributed by atoms with Gasteiger partial charge < -0.3 is 10.1 Å². The maximum Gasteiger partial charge on any atom is 0.319 e. The van der Waals surface area contributed by atoms with Gasteiger partial charge in [-0.1, -0.05) is 18.5 Å². The summed E-state index contributed by atoms with van der Waals surface area (Å²) in [7, 11) is 0. The molecule has 0 heterocycles. The number of hydrogen-bond donors (Lipinski definition) is 1. The molecule has 7 heteroatoms. The molecule has 0 radical (unpaired) electrons. The summed E-state index contributed by atoms with van der Waals surface area (Å²) in [4.78, 5) is 23.3. The second-order valence-corrected chi connectivity index (χ2v) is 5.86. The molecule has 1 amide bonds. The van der Waals surface area contributed by atoms with Crippen LogP contribution in [0.25, 0.3) is 0 Å². The number of ether oxygens (including phenoxy) is 1. The number of amides is 1. The van der Waals surface area contributed by atoms with Gasteiger partial charge in [-0.15, -0.1) is 11.8 Å². The van der Waals surface area contributed by atoms with Crippen molar-refractivity contribution >= 4 is 40.9 Å². The van der Waals surface area contributed by atoms with Crippen molar-refractivity contribution in [2.75, 3.05) is 11.9 Å². The van der Waals surface area contributed by atoms with E-state index in [1.54, 1.807) is 6.92 Å². The van der Waals surface area contributed by atoms with Gasteiger partial charge in [0.15, 0.2) is 0 Å². The molecule has 1 rings (SSSR count). The fourth-order valence-electron chi connectivity index (χ4n) is 1.59. The van der Waals surface area contributed by atoms with Gasteiger partial charge in [-0.2, -0.15) is 0 Å². The molecule has 0 aliphatic carbocycles. The molecule has 0 bridgehead atoms. The van der Waals surface area contributed by atoms with Crippen LogP contribution in [-0.4, -0.2) is 23.7 Å². The van der Waals surface area contributed by atoms with E-state index in [1.807, 2.05) is 6.92 Å². The third-order valence-electron chi connectivity index (χ3n) is 2.52. The maximum absolute atomic E-state index is 13.7.